The molecule has 3 heteroatoms. The molecule has 1 unspecified atom stereocenters. The lowest BCUT2D eigenvalue weighted by Crippen LogP contribution is -2.32. The van der Waals surface area contributed by atoms with Gasteiger partial charge in [-0.1, -0.05) is 0 Å². The molecule has 2 fully saturated rings. The lowest BCUT2D eigenvalue weighted by Gasteiger charge is -2.15. The van der Waals surface area contributed by atoms with Crippen molar-refractivity contribution in [2.45, 2.75) is 38.1 Å². The minimum Gasteiger partial charge on any atom is -0.315 e. The van der Waals surface area contributed by atoms with Crippen LogP contribution in [0, 0.1) is 0 Å². The summed E-state index contributed by atoms with van der Waals surface area (Å²) in [5, 5.41) is 7.01. The van der Waals surface area contributed by atoms with Gasteiger partial charge in [0.25, 0.3) is 0 Å². The Kier molecular flexibility index (Phi) is 4.90. The molecule has 0 amide bonds. The molecule has 2 heterocycles. The second-order valence-corrected chi connectivity index (χ2v) is 4.90. The predicted octanol–water partition coefficient (Wildman–Crippen LogP) is 0.814. The van der Waals surface area contributed by atoms with Crippen LogP contribution < -0.4 is 10.6 Å². The van der Waals surface area contributed by atoms with Crippen molar-refractivity contribution in [3.63, 3.8) is 0 Å². The molecule has 2 rings (SSSR count). The summed E-state index contributed by atoms with van der Waals surface area (Å²) in [6.45, 7) is 7.60. The fraction of sp³-hybridized carbons (Fsp3) is 1.00. The average Bonchev–Trinajstić information content (AvgIpc) is 2.88. The molecule has 0 aromatic rings. The van der Waals surface area contributed by atoms with Gasteiger partial charge in [-0.15, -0.1) is 0 Å². The molecule has 88 valence electrons. The van der Waals surface area contributed by atoms with Crippen molar-refractivity contribution in [1.29, 1.82) is 0 Å². The van der Waals surface area contributed by atoms with E-state index < -0.39 is 0 Å². The van der Waals surface area contributed by atoms with Crippen LogP contribution in [0.25, 0.3) is 0 Å². The first-order valence-electron chi connectivity index (χ1n) is 6.61. The fourth-order valence-corrected chi connectivity index (χ4v) is 2.60. The van der Waals surface area contributed by atoms with Crippen LogP contribution >= 0.6 is 0 Å². The fourth-order valence-electron chi connectivity index (χ4n) is 2.60. The van der Waals surface area contributed by atoms with Gasteiger partial charge < -0.3 is 15.5 Å². The van der Waals surface area contributed by atoms with Gasteiger partial charge in [0.05, 0.1) is 0 Å². The third kappa shape index (κ3) is 4.09. The zero-order chi connectivity index (χ0) is 10.3. The molecular formula is C12H25N3. The summed E-state index contributed by atoms with van der Waals surface area (Å²) >= 11 is 0. The van der Waals surface area contributed by atoms with Crippen LogP contribution in [0.2, 0.25) is 0 Å². The third-order valence-electron chi connectivity index (χ3n) is 3.59. The molecule has 2 N–H and O–H groups in total. The van der Waals surface area contributed by atoms with E-state index in [1.807, 2.05) is 0 Å². The molecule has 0 aliphatic carbocycles. The van der Waals surface area contributed by atoms with Gasteiger partial charge in [0.15, 0.2) is 0 Å². The molecule has 15 heavy (non-hydrogen) atoms. The largest absolute Gasteiger partial charge is 0.315 e. The van der Waals surface area contributed by atoms with E-state index >= 15 is 0 Å². The molecule has 0 saturated carbocycles. The Hall–Kier alpha value is -0.120. The first kappa shape index (κ1) is 11.4. The standard InChI is InChI=1S/C12H25N3/c1(2-8-15-9-3-4-10-15)6-14-12-5-7-13-11-12/h12-14H,1-11H2. The smallest absolute Gasteiger partial charge is 0.0204 e. The summed E-state index contributed by atoms with van der Waals surface area (Å²) in [5.74, 6) is 0. The van der Waals surface area contributed by atoms with Gasteiger partial charge in [0.1, 0.15) is 0 Å². The van der Waals surface area contributed by atoms with Gasteiger partial charge >= 0.3 is 0 Å². The van der Waals surface area contributed by atoms with Gasteiger partial charge in [-0.05, 0) is 64.8 Å². The van der Waals surface area contributed by atoms with Crippen LogP contribution in [0.4, 0.5) is 0 Å². The SMILES string of the molecule is C(CCN1CCCC1)CNC1CCNC1. The maximum absolute atomic E-state index is 3.63. The Morgan fingerprint density at radius 3 is 2.80 bits per heavy atom. The van der Waals surface area contributed by atoms with E-state index in [-0.39, 0.29) is 0 Å². The number of hydrogen-bond donors (Lipinski definition) is 2. The number of nitrogens with one attached hydrogen (secondary N) is 2. The predicted molar refractivity (Wildman–Crippen MR) is 64.2 cm³/mol. The summed E-state index contributed by atoms with van der Waals surface area (Å²) in [6.07, 6.45) is 6.87. The van der Waals surface area contributed by atoms with Gasteiger partial charge in [-0.25, -0.2) is 0 Å². The monoisotopic (exact) mass is 211 g/mol. The highest BCUT2D eigenvalue weighted by molar-refractivity contribution is 4.77. The summed E-state index contributed by atoms with van der Waals surface area (Å²) in [6, 6.07) is 0.747. The highest BCUT2D eigenvalue weighted by Crippen LogP contribution is 2.08. The molecule has 2 aliphatic heterocycles. The normalized spacial score (nSPS) is 27.6. The average molecular weight is 211 g/mol. The molecule has 2 aliphatic rings. The van der Waals surface area contributed by atoms with Crippen LogP contribution in [-0.2, 0) is 0 Å². The number of rotatable bonds is 6. The summed E-state index contributed by atoms with van der Waals surface area (Å²) in [5.41, 5.74) is 0. The van der Waals surface area contributed by atoms with Crippen LogP contribution in [0.3, 0.4) is 0 Å². The third-order valence-corrected chi connectivity index (χ3v) is 3.59. The molecular weight excluding hydrogens is 186 g/mol. The minimum absolute atomic E-state index is 0.747. The Morgan fingerprint density at radius 1 is 1.20 bits per heavy atom. The maximum atomic E-state index is 3.63. The molecule has 0 spiro atoms. The Labute approximate surface area is 93.6 Å². The van der Waals surface area contributed by atoms with Crippen molar-refractivity contribution in [1.82, 2.24) is 15.5 Å². The van der Waals surface area contributed by atoms with Crippen molar-refractivity contribution in [2.75, 3.05) is 39.3 Å². The molecule has 0 aromatic carbocycles. The van der Waals surface area contributed by atoms with Gasteiger partial charge in [0, 0.05) is 12.6 Å². The van der Waals surface area contributed by atoms with Crippen molar-refractivity contribution in [3.05, 3.63) is 0 Å². The van der Waals surface area contributed by atoms with Crippen LogP contribution in [0.1, 0.15) is 32.1 Å². The minimum atomic E-state index is 0.747. The number of unbranched alkanes of at least 4 members (excludes halogenated alkanes) is 1. The zero-order valence-corrected chi connectivity index (χ0v) is 9.80. The molecule has 3 nitrogen and oxygen atoms in total. The second kappa shape index (κ2) is 6.46. The summed E-state index contributed by atoms with van der Waals surface area (Å²) < 4.78 is 0. The van der Waals surface area contributed by atoms with Crippen LogP contribution in [0.5, 0.6) is 0 Å². The van der Waals surface area contributed by atoms with Crippen molar-refractivity contribution < 1.29 is 0 Å². The van der Waals surface area contributed by atoms with Crippen molar-refractivity contribution >= 4 is 0 Å². The molecule has 0 radical (unpaired) electrons. The van der Waals surface area contributed by atoms with Gasteiger partial charge in [0.2, 0.25) is 0 Å². The Bertz CT molecular complexity index is 142. The number of nitrogens with zero attached hydrogens (tertiary/aromatic N) is 1. The van der Waals surface area contributed by atoms with E-state index in [0.29, 0.717) is 0 Å². The molecule has 0 bridgehead atoms. The molecule has 1 atom stereocenters. The van der Waals surface area contributed by atoms with Crippen LogP contribution in [-0.4, -0.2) is 50.2 Å². The number of hydrogen-bond acceptors (Lipinski definition) is 3. The summed E-state index contributed by atoms with van der Waals surface area (Å²) in [7, 11) is 0. The zero-order valence-electron chi connectivity index (χ0n) is 9.80. The van der Waals surface area contributed by atoms with E-state index in [0.717, 1.165) is 6.04 Å². The van der Waals surface area contributed by atoms with E-state index in [1.165, 1.54) is 71.4 Å². The first-order chi connectivity index (χ1) is 7.45. The van der Waals surface area contributed by atoms with Crippen LogP contribution in [0.15, 0.2) is 0 Å². The van der Waals surface area contributed by atoms with E-state index in [1.54, 1.807) is 0 Å². The highest BCUT2D eigenvalue weighted by Gasteiger charge is 2.13. The van der Waals surface area contributed by atoms with Crippen molar-refractivity contribution in [3.8, 4) is 0 Å². The topological polar surface area (TPSA) is 27.3 Å². The quantitative estimate of drug-likeness (QED) is 0.637. The van der Waals surface area contributed by atoms with E-state index in [4.69, 9.17) is 0 Å². The lowest BCUT2D eigenvalue weighted by atomic mass is 10.2. The highest BCUT2D eigenvalue weighted by atomic mass is 15.1. The van der Waals surface area contributed by atoms with Gasteiger partial charge in [-0.3, -0.25) is 0 Å². The maximum Gasteiger partial charge on any atom is 0.0204 e. The first-order valence-corrected chi connectivity index (χ1v) is 6.61. The Morgan fingerprint density at radius 2 is 2.07 bits per heavy atom. The molecule has 2 saturated heterocycles. The summed E-state index contributed by atoms with van der Waals surface area (Å²) in [4.78, 5) is 2.61. The van der Waals surface area contributed by atoms with Gasteiger partial charge in [-0.2, -0.15) is 0 Å². The molecule has 0 aromatic heterocycles. The van der Waals surface area contributed by atoms with E-state index in [9.17, 15) is 0 Å². The Balaban J connectivity index is 1.41. The lowest BCUT2D eigenvalue weighted by molar-refractivity contribution is 0.328. The number of likely N-dealkylation sites (tertiary alicyclic amines) is 1. The van der Waals surface area contributed by atoms with E-state index in [2.05, 4.69) is 15.5 Å². The second-order valence-electron chi connectivity index (χ2n) is 4.90. The van der Waals surface area contributed by atoms with Crippen molar-refractivity contribution in [2.24, 2.45) is 0 Å².